The molecule has 2 saturated heterocycles. The first-order valence-corrected chi connectivity index (χ1v) is 10.8. The highest BCUT2D eigenvalue weighted by molar-refractivity contribution is 6.01. The smallest absolute Gasteiger partial charge is 0.270 e. The van der Waals surface area contributed by atoms with Crippen molar-refractivity contribution in [2.45, 2.75) is 18.4 Å². The van der Waals surface area contributed by atoms with Gasteiger partial charge in [0, 0.05) is 35.6 Å². The van der Waals surface area contributed by atoms with Gasteiger partial charge in [-0.1, -0.05) is 30.3 Å². The predicted molar refractivity (Wildman–Crippen MR) is 126 cm³/mol. The summed E-state index contributed by atoms with van der Waals surface area (Å²) in [4.78, 5) is 30.7. The Morgan fingerprint density at radius 2 is 1.81 bits per heavy atom. The predicted octanol–water partition coefficient (Wildman–Crippen LogP) is 3.15. The van der Waals surface area contributed by atoms with Crippen LogP contribution in [0.25, 0.3) is 10.9 Å². The second kappa shape index (κ2) is 9.73. The van der Waals surface area contributed by atoms with Gasteiger partial charge in [0.15, 0.2) is 0 Å². The van der Waals surface area contributed by atoms with Crippen molar-refractivity contribution >= 4 is 40.8 Å². The Hall–Kier alpha value is -2.87. The SMILES string of the molecule is Cl.O=C(Nc1ccc2[nH]c(C(=O)N3CCOCC3)cc2c1)[C@@H]1NCC[C@H]1c1ccccc1. The number of nitrogens with one attached hydrogen (secondary N) is 3. The minimum absolute atomic E-state index is 0. The first-order chi connectivity index (χ1) is 15.2. The maximum atomic E-state index is 13.0. The zero-order chi connectivity index (χ0) is 21.2. The van der Waals surface area contributed by atoms with E-state index in [-0.39, 0.29) is 36.2 Å². The lowest BCUT2D eigenvalue weighted by molar-refractivity contribution is -0.118. The molecule has 3 heterocycles. The highest BCUT2D eigenvalue weighted by atomic mass is 35.5. The fourth-order valence-corrected chi connectivity index (χ4v) is 4.52. The molecule has 5 rings (SSSR count). The van der Waals surface area contributed by atoms with Crippen LogP contribution in [0.15, 0.2) is 54.6 Å². The number of morpholine rings is 1. The number of H-pyrrole nitrogens is 1. The molecule has 0 unspecified atom stereocenters. The number of nitrogens with zero attached hydrogens (tertiary/aromatic N) is 1. The minimum Gasteiger partial charge on any atom is -0.378 e. The molecule has 32 heavy (non-hydrogen) atoms. The van der Waals surface area contributed by atoms with Crippen LogP contribution in [0.1, 0.15) is 28.4 Å². The van der Waals surface area contributed by atoms with Crippen LogP contribution in [0.4, 0.5) is 5.69 Å². The van der Waals surface area contributed by atoms with Gasteiger partial charge in [-0.25, -0.2) is 0 Å². The lowest BCUT2D eigenvalue weighted by Gasteiger charge is -2.26. The topological polar surface area (TPSA) is 86.5 Å². The quantitative estimate of drug-likeness (QED) is 0.565. The number of hydrogen-bond acceptors (Lipinski definition) is 4. The zero-order valence-corrected chi connectivity index (χ0v) is 18.5. The van der Waals surface area contributed by atoms with Gasteiger partial charge in [-0.05, 0) is 42.8 Å². The summed E-state index contributed by atoms with van der Waals surface area (Å²) < 4.78 is 5.33. The van der Waals surface area contributed by atoms with Gasteiger partial charge < -0.3 is 25.3 Å². The normalized spacial score (nSPS) is 20.7. The van der Waals surface area contributed by atoms with E-state index >= 15 is 0 Å². The molecule has 0 saturated carbocycles. The third-order valence-corrected chi connectivity index (χ3v) is 6.15. The fraction of sp³-hybridized carbons (Fsp3) is 0.333. The van der Waals surface area contributed by atoms with Crippen molar-refractivity contribution in [3.63, 3.8) is 0 Å². The number of hydrogen-bond donors (Lipinski definition) is 3. The Morgan fingerprint density at radius 3 is 2.59 bits per heavy atom. The van der Waals surface area contributed by atoms with Gasteiger partial charge in [-0.2, -0.15) is 0 Å². The van der Waals surface area contributed by atoms with Crippen LogP contribution in [0, 0.1) is 0 Å². The number of aromatic amines is 1. The lowest BCUT2D eigenvalue weighted by Crippen LogP contribution is -2.40. The number of carbonyl (C=O) groups excluding carboxylic acids is 2. The molecule has 1 aromatic heterocycles. The number of rotatable bonds is 4. The molecule has 3 N–H and O–H groups in total. The Balaban J connectivity index is 0.00000245. The zero-order valence-electron chi connectivity index (χ0n) is 17.7. The van der Waals surface area contributed by atoms with Crippen LogP contribution in [0.2, 0.25) is 0 Å². The number of amides is 2. The largest absolute Gasteiger partial charge is 0.378 e. The van der Waals surface area contributed by atoms with Crippen LogP contribution < -0.4 is 10.6 Å². The number of fused-ring (bicyclic) bond motifs is 1. The van der Waals surface area contributed by atoms with E-state index in [4.69, 9.17) is 4.74 Å². The summed E-state index contributed by atoms with van der Waals surface area (Å²) in [5.74, 6) is 0.103. The van der Waals surface area contributed by atoms with E-state index in [9.17, 15) is 9.59 Å². The van der Waals surface area contributed by atoms with Crippen molar-refractivity contribution in [1.82, 2.24) is 15.2 Å². The second-order valence-corrected chi connectivity index (χ2v) is 8.12. The van der Waals surface area contributed by atoms with Crippen molar-refractivity contribution in [3.05, 3.63) is 65.9 Å². The molecule has 0 radical (unpaired) electrons. The molecule has 0 aliphatic carbocycles. The van der Waals surface area contributed by atoms with Gasteiger partial charge in [0.25, 0.3) is 5.91 Å². The Bertz CT molecular complexity index is 1100. The molecule has 2 aliphatic heterocycles. The Labute approximate surface area is 192 Å². The van der Waals surface area contributed by atoms with Gasteiger partial charge in [-0.3, -0.25) is 9.59 Å². The van der Waals surface area contributed by atoms with E-state index in [0.29, 0.717) is 32.0 Å². The first kappa shape index (κ1) is 22.3. The van der Waals surface area contributed by atoms with E-state index < -0.39 is 0 Å². The monoisotopic (exact) mass is 454 g/mol. The third-order valence-electron chi connectivity index (χ3n) is 6.15. The highest BCUT2D eigenvalue weighted by Gasteiger charge is 2.33. The molecule has 2 fully saturated rings. The number of aromatic nitrogens is 1. The molecule has 2 amide bonds. The Morgan fingerprint density at radius 1 is 1.03 bits per heavy atom. The van der Waals surface area contributed by atoms with Crippen LogP contribution in [0.5, 0.6) is 0 Å². The highest BCUT2D eigenvalue weighted by Crippen LogP contribution is 2.29. The number of halogens is 1. The number of carbonyl (C=O) groups is 2. The van der Waals surface area contributed by atoms with Crippen molar-refractivity contribution < 1.29 is 14.3 Å². The summed E-state index contributed by atoms with van der Waals surface area (Å²) in [5, 5.41) is 7.29. The van der Waals surface area contributed by atoms with Crippen molar-refractivity contribution in [2.75, 3.05) is 38.2 Å². The molecule has 3 aromatic rings. The summed E-state index contributed by atoms with van der Waals surface area (Å²) in [6.45, 7) is 3.17. The minimum atomic E-state index is -0.261. The summed E-state index contributed by atoms with van der Waals surface area (Å²) in [7, 11) is 0. The van der Waals surface area contributed by atoms with E-state index in [1.807, 2.05) is 42.5 Å². The second-order valence-electron chi connectivity index (χ2n) is 8.12. The van der Waals surface area contributed by atoms with Crippen molar-refractivity contribution in [3.8, 4) is 0 Å². The lowest BCUT2D eigenvalue weighted by atomic mass is 9.91. The summed E-state index contributed by atoms with van der Waals surface area (Å²) >= 11 is 0. The average Bonchev–Trinajstić information content (AvgIpc) is 3.47. The molecule has 7 nitrogen and oxygen atoms in total. The van der Waals surface area contributed by atoms with Crippen LogP contribution in [-0.2, 0) is 9.53 Å². The van der Waals surface area contributed by atoms with E-state index in [0.717, 1.165) is 29.6 Å². The maximum absolute atomic E-state index is 13.0. The van der Waals surface area contributed by atoms with E-state index in [1.54, 1.807) is 4.90 Å². The van der Waals surface area contributed by atoms with Gasteiger partial charge in [0.05, 0.1) is 19.3 Å². The van der Waals surface area contributed by atoms with Crippen molar-refractivity contribution in [2.24, 2.45) is 0 Å². The number of ether oxygens (including phenoxy) is 1. The molecule has 2 aliphatic rings. The van der Waals surface area contributed by atoms with Gasteiger partial charge >= 0.3 is 0 Å². The molecule has 2 atom stereocenters. The summed E-state index contributed by atoms with van der Waals surface area (Å²) in [5.41, 5.74) is 3.33. The molecule has 8 heteroatoms. The van der Waals surface area contributed by atoms with Crippen molar-refractivity contribution in [1.29, 1.82) is 0 Å². The molecular formula is C24H27ClN4O3. The summed E-state index contributed by atoms with van der Waals surface area (Å²) in [6.07, 6.45) is 0.936. The van der Waals surface area contributed by atoms with E-state index in [2.05, 4.69) is 27.8 Å². The van der Waals surface area contributed by atoms with Crippen LogP contribution in [0.3, 0.4) is 0 Å². The fourth-order valence-electron chi connectivity index (χ4n) is 4.52. The van der Waals surface area contributed by atoms with Gasteiger partial charge in [0.2, 0.25) is 5.91 Å². The van der Waals surface area contributed by atoms with E-state index in [1.165, 1.54) is 5.56 Å². The number of benzene rings is 2. The molecule has 2 aromatic carbocycles. The molecule has 0 spiro atoms. The molecule has 168 valence electrons. The third kappa shape index (κ3) is 4.50. The molecule has 0 bridgehead atoms. The number of anilines is 1. The van der Waals surface area contributed by atoms with Gasteiger partial charge in [-0.15, -0.1) is 12.4 Å². The summed E-state index contributed by atoms with van der Waals surface area (Å²) in [6, 6.07) is 17.4. The Kier molecular flexibility index (Phi) is 6.79. The standard InChI is InChI=1S/C24H26N4O3.ClH/c29-23(22-19(8-9-25-22)16-4-2-1-3-5-16)26-18-6-7-20-17(14-18)15-21(27-20)24(30)28-10-12-31-13-11-28;/h1-7,14-15,19,22,25,27H,8-13H2,(H,26,29);1H/t19-,22+;/m0./s1. The average molecular weight is 455 g/mol. The van der Waals surface area contributed by atoms with Crippen LogP contribution >= 0.6 is 12.4 Å². The maximum Gasteiger partial charge on any atom is 0.270 e. The van der Waals surface area contributed by atoms with Gasteiger partial charge in [0.1, 0.15) is 5.69 Å². The van der Waals surface area contributed by atoms with Crippen LogP contribution in [-0.4, -0.2) is 60.6 Å². The first-order valence-electron chi connectivity index (χ1n) is 10.8. The molecular weight excluding hydrogens is 428 g/mol.